The summed E-state index contributed by atoms with van der Waals surface area (Å²) in [5.74, 6) is -0.539. The van der Waals surface area contributed by atoms with Gasteiger partial charge in [0.15, 0.2) is 0 Å². The van der Waals surface area contributed by atoms with Gasteiger partial charge in [0.1, 0.15) is 11.8 Å². The molecule has 104 valence electrons. The lowest BCUT2D eigenvalue weighted by atomic mass is 10.1. The number of nitrogens with one attached hydrogen (secondary N) is 1. The van der Waals surface area contributed by atoms with Crippen LogP contribution in [0.25, 0.3) is 0 Å². The zero-order valence-electron chi connectivity index (χ0n) is 10.6. The number of carboxylic acids is 1. The molecule has 1 atom stereocenters. The molecule has 0 aromatic heterocycles. The Morgan fingerprint density at radius 2 is 1.95 bits per heavy atom. The average Bonchev–Trinajstić information content (AvgIpc) is 2.38. The van der Waals surface area contributed by atoms with Crippen LogP contribution in [0, 0.1) is 0 Å². The highest BCUT2D eigenvalue weighted by Crippen LogP contribution is 2.11. The number of benzene rings is 1. The molecule has 1 aromatic rings. The van der Waals surface area contributed by atoms with Crippen molar-refractivity contribution in [2.24, 2.45) is 0 Å². The fraction of sp³-hybridized carbons (Fsp3) is 0.385. The van der Waals surface area contributed by atoms with Crippen molar-refractivity contribution >= 4 is 23.6 Å². The molecule has 5 nitrogen and oxygen atoms in total. The van der Waals surface area contributed by atoms with E-state index in [4.69, 9.17) is 10.2 Å². The van der Waals surface area contributed by atoms with Gasteiger partial charge in [0.05, 0.1) is 0 Å². The van der Waals surface area contributed by atoms with Crippen LogP contribution in [0.2, 0.25) is 0 Å². The van der Waals surface area contributed by atoms with Crippen LogP contribution in [0.4, 0.5) is 0 Å². The molecular formula is C13H17NO4S. The van der Waals surface area contributed by atoms with E-state index in [1.54, 1.807) is 12.1 Å². The lowest BCUT2D eigenvalue weighted by molar-refractivity contribution is -0.141. The molecule has 1 amide bonds. The van der Waals surface area contributed by atoms with Crippen molar-refractivity contribution in [1.82, 2.24) is 5.32 Å². The van der Waals surface area contributed by atoms with E-state index in [1.165, 1.54) is 23.9 Å². The molecule has 0 spiro atoms. The van der Waals surface area contributed by atoms with Crippen molar-refractivity contribution in [1.29, 1.82) is 0 Å². The number of hydrogen-bond donors (Lipinski definition) is 3. The smallest absolute Gasteiger partial charge is 0.326 e. The van der Waals surface area contributed by atoms with Crippen molar-refractivity contribution in [3.8, 4) is 5.75 Å². The van der Waals surface area contributed by atoms with E-state index in [-0.39, 0.29) is 18.1 Å². The first kappa shape index (κ1) is 15.4. The van der Waals surface area contributed by atoms with Gasteiger partial charge in [-0.05, 0) is 24.0 Å². The van der Waals surface area contributed by atoms with Crippen LogP contribution in [0.1, 0.15) is 12.0 Å². The summed E-state index contributed by atoms with van der Waals surface area (Å²) in [5, 5.41) is 20.7. The van der Waals surface area contributed by atoms with Crippen LogP contribution < -0.4 is 5.32 Å². The van der Waals surface area contributed by atoms with Gasteiger partial charge in [0.25, 0.3) is 0 Å². The molecule has 0 fully saturated rings. The molecule has 0 aliphatic heterocycles. The first-order chi connectivity index (χ1) is 9.02. The molecule has 1 aromatic carbocycles. The summed E-state index contributed by atoms with van der Waals surface area (Å²) in [6, 6.07) is 5.31. The van der Waals surface area contributed by atoms with E-state index in [9.17, 15) is 9.59 Å². The highest BCUT2D eigenvalue weighted by atomic mass is 32.2. The Balaban J connectivity index is 2.60. The number of phenols is 1. The van der Waals surface area contributed by atoms with Gasteiger partial charge in [0, 0.05) is 18.6 Å². The van der Waals surface area contributed by atoms with Crippen LogP contribution in [-0.2, 0) is 16.0 Å². The first-order valence-electron chi connectivity index (χ1n) is 5.82. The number of thioether (sulfide) groups is 1. The van der Waals surface area contributed by atoms with Gasteiger partial charge in [-0.3, -0.25) is 4.79 Å². The number of aromatic hydroxyl groups is 1. The molecule has 0 aliphatic rings. The van der Waals surface area contributed by atoms with Gasteiger partial charge in [-0.1, -0.05) is 12.1 Å². The van der Waals surface area contributed by atoms with E-state index in [0.717, 1.165) is 5.56 Å². The molecule has 0 aliphatic carbocycles. The van der Waals surface area contributed by atoms with Crippen LogP contribution in [-0.4, -0.2) is 40.1 Å². The maximum atomic E-state index is 11.5. The predicted molar refractivity (Wildman–Crippen MR) is 74.4 cm³/mol. The molecule has 0 saturated heterocycles. The first-order valence-corrected chi connectivity index (χ1v) is 7.21. The van der Waals surface area contributed by atoms with Crippen molar-refractivity contribution in [2.45, 2.75) is 18.9 Å². The molecule has 0 unspecified atom stereocenters. The minimum Gasteiger partial charge on any atom is -0.508 e. The second-order valence-corrected chi connectivity index (χ2v) is 5.06. The van der Waals surface area contributed by atoms with Gasteiger partial charge in [-0.25, -0.2) is 4.79 Å². The van der Waals surface area contributed by atoms with E-state index in [1.807, 2.05) is 6.26 Å². The third-order valence-electron chi connectivity index (χ3n) is 2.54. The average molecular weight is 283 g/mol. The number of amides is 1. The largest absolute Gasteiger partial charge is 0.508 e. The topological polar surface area (TPSA) is 86.6 Å². The summed E-state index contributed by atoms with van der Waals surface area (Å²) in [5.41, 5.74) is 0.746. The summed E-state index contributed by atoms with van der Waals surface area (Å²) in [6.45, 7) is 0. The predicted octanol–water partition coefficient (Wildman–Crippen LogP) is 1.26. The SMILES string of the molecule is CSCCC(=O)N[C@H](Cc1ccc(O)cc1)C(=O)O. The normalized spacial score (nSPS) is 11.8. The number of carboxylic acid groups (broad SMARTS) is 1. The summed E-state index contributed by atoms with van der Waals surface area (Å²) in [7, 11) is 0. The Kier molecular flexibility index (Phi) is 6.21. The fourth-order valence-electron chi connectivity index (χ4n) is 1.53. The minimum atomic E-state index is -1.06. The van der Waals surface area contributed by atoms with Crippen molar-refractivity contribution in [3.63, 3.8) is 0 Å². The number of rotatable bonds is 7. The van der Waals surface area contributed by atoms with Gasteiger partial charge in [-0.15, -0.1) is 0 Å². The van der Waals surface area contributed by atoms with Gasteiger partial charge >= 0.3 is 5.97 Å². The van der Waals surface area contributed by atoms with E-state index >= 15 is 0 Å². The summed E-state index contributed by atoms with van der Waals surface area (Å²) in [6.07, 6.45) is 2.39. The number of carbonyl (C=O) groups is 2. The molecule has 19 heavy (non-hydrogen) atoms. The zero-order chi connectivity index (χ0) is 14.3. The number of aliphatic carboxylic acids is 1. The second kappa shape index (κ2) is 7.68. The van der Waals surface area contributed by atoms with Gasteiger partial charge < -0.3 is 15.5 Å². The van der Waals surface area contributed by atoms with Crippen LogP contribution in [0.5, 0.6) is 5.75 Å². The lowest BCUT2D eigenvalue weighted by Crippen LogP contribution is -2.42. The van der Waals surface area contributed by atoms with Crippen LogP contribution in [0.3, 0.4) is 0 Å². The van der Waals surface area contributed by atoms with Crippen molar-refractivity contribution in [2.75, 3.05) is 12.0 Å². The summed E-state index contributed by atoms with van der Waals surface area (Å²) in [4.78, 5) is 22.6. The highest BCUT2D eigenvalue weighted by Gasteiger charge is 2.20. The molecular weight excluding hydrogens is 266 g/mol. The van der Waals surface area contributed by atoms with E-state index < -0.39 is 12.0 Å². The van der Waals surface area contributed by atoms with Crippen molar-refractivity contribution < 1.29 is 19.8 Å². The Labute approximate surface area is 116 Å². The lowest BCUT2D eigenvalue weighted by Gasteiger charge is -2.14. The van der Waals surface area contributed by atoms with E-state index in [0.29, 0.717) is 12.2 Å². The molecule has 0 heterocycles. The van der Waals surface area contributed by atoms with Crippen LogP contribution in [0.15, 0.2) is 24.3 Å². The Bertz CT molecular complexity index is 433. The Morgan fingerprint density at radius 1 is 1.32 bits per heavy atom. The molecule has 0 bridgehead atoms. The molecule has 3 N–H and O–H groups in total. The van der Waals surface area contributed by atoms with E-state index in [2.05, 4.69) is 5.32 Å². The summed E-state index contributed by atoms with van der Waals surface area (Å²) >= 11 is 1.53. The number of carbonyl (C=O) groups excluding carboxylic acids is 1. The van der Waals surface area contributed by atoms with Crippen LogP contribution >= 0.6 is 11.8 Å². The molecule has 0 saturated carbocycles. The standard InChI is InChI=1S/C13H17NO4S/c1-19-7-6-12(16)14-11(13(17)18)8-9-2-4-10(15)5-3-9/h2-5,11,15H,6-8H2,1H3,(H,14,16)(H,17,18)/t11-/m1/s1. The maximum Gasteiger partial charge on any atom is 0.326 e. The van der Waals surface area contributed by atoms with Crippen molar-refractivity contribution in [3.05, 3.63) is 29.8 Å². The highest BCUT2D eigenvalue weighted by molar-refractivity contribution is 7.98. The third kappa shape index (κ3) is 5.65. The quantitative estimate of drug-likeness (QED) is 0.701. The molecule has 1 rings (SSSR count). The zero-order valence-corrected chi connectivity index (χ0v) is 11.4. The summed E-state index contributed by atoms with van der Waals surface area (Å²) < 4.78 is 0. The van der Waals surface area contributed by atoms with Gasteiger partial charge in [-0.2, -0.15) is 11.8 Å². The second-order valence-electron chi connectivity index (χ2n) is 4.07. The Hall–Kier alpha value is -1.69. The monoisotopic (exact) mass is 283 g/mol. The van der Waals surface area contributed by atoms with Gasteiger partial charge in [0.2, 0.25) is 5.91 Å². The molecule has 0 radical (unpaired) electrons. The minimum absolute atomic E-state index is 0.125. The Morgan fingerprint density at radius 3 is 2.47 bits per heavy atom. The maximum absolute atomic E-state index is 11.5. The fourth-order valence-corrected chi connectivity index (χ4v) is 1.92. The third-order valence-corrected chi connectivity index (χ3v) is 3.16. The molecule has 6 heteroatoms. The number of phenolic OH excluding ortho intramolecular Hbond substituents is 1. The number of hydrogen-bond acceptors (Lipinski definition) is 4.